The molecule has 1 saturated carbocycles. The maximum Gasteiger partial charge on any atom is 0.223 e. The molecule has 0 spiro atoms. The molecule has 0 bridgehead atoms. The molecular weight excluding hydrogens is 319 g/mol. The number of aromatic nitrogens is 3. The number of carbonyl (C=O) groups excluding carboxylic acids is 1. The van der Waals surface area contributed by atoms with Crippen molar-refractivity contribution in [1.82, 2.24) is 20.1 Å². The Hall–Kier alpha value is -2.24. The molecule has 1 aromatic heterocycles. The quantitative estimate of drug-likeness (QED) is 0.909. The Kier molecular flexibility index (Phi) is 4.51. The molecule has 0 unspecified atom stereocenters. The topological polar surface area (TPSA) is 59.8 Å². The molecule has 1 amide bonds. The van der Waals surface area contributed by atoms with E-state index in [2.05, 4.69) is 20.1 Å². The summed E-state index contributed by atoms with van der Waals surface area (Å²) in [6.45, 7) is 1.55. The summed E-state index contributed by atoms with van der Waals surface area (Å²) in [6, 6.07) is 6.56. The fourth-order valence-corrected chi connectivity index (χ4v) is 3.75. The van der Waals surface area contributed by atoms with Gasteiger partial charge in [0.1, 0.15) is 17.5 Å². The van der Waals surface area contributed by atoms with Crippen molar-refractivity contribution in [1.29, 1.82) is 0 Å². The SMILES string of the molecule is O=C(NCCc1nnc2n1CCCCC2)[C@H]1C[C@H]1c1cccc(F)c1. The van der Waals surface area contributed by atoms with E-state index in [0.717, 1.165) is 36.6 Å². The van der Waals surface area contributed by atoms with Crippen LogP contribution in [0.15, 0.2) is 24.3 Å². The lowest BCUT2D eigenvalue weighted by atomic mass is 10.1. The third-order valence-electron chi connectivity index (χ3n) is 5.24. The Morgan fingerprint density at radius 2 is 2.20 bits per heavy atom. The number of amides is 1. The van der Waals surface area contributed by atoms with Crippen LogP contribution < -0.4 is 5.32 Å². The van der Waals surface area contributed by atoms with Gasteiger partial charge in [0.2, 0.25) is 5.91 Å². The highest BCUT2D eigenvalue weighted by Gasteiger charge is 2.43. The first-order chi connectivity index (χ1) is 12.2. The summed E-state index contributed by atoms with van der Waals surface area (Å²) in [5.74, 6) is 1.99. The zero-order valence-corrected chi connectivity index (χ0v) is 14.2. The highest BCUT2D eigenvalue weighted by molar-refractivity contribution is 5.82. The van der Waals surface area contributed by atoms with Crippen LogP contribution in [0.1, 0.15) is 48.8 Å². The smallest absolute Gasteiger partial charge is 0.223 e. The number of nitrogens with one attached hydrogen (secondary N) is 1. The van der Waals surface area contributed by atoms with Gasteiger partial charge in [-0.2, -0.15) is 0 Å². The summed E-state index contributed by atoms with van der Waals surface area (Å²) in [4.78, 5) is 12.3. The van der Waals surface area contributed by atoms with Gasteiger partial charge in [-0.05, 0) is 42.9 Å². The average Bonchev–Trinajstić information content (AvgIpc) is 3.37. The van der Waals surface area contributed by atoms with Crippen molar-refractivity contribution >= 4 is 5.91 Å². The van der Waals surface area contributed by atoms with Gasteiger partial charge in [0.25, 0.3) is 0 Å². The Bertz CT molecular complexity index is 773. The van der Waals surface area contributed by atoms with E-state index >= 15 is 0 Å². The number of rotatable bonds is 5. The standard InChI is InChI=1S/C19H23FN4O/c20-14-6-4-5-13(11-14)15-12-16(15)19(25)21-9-8-18-23-22-17-7-2-1-3-10-24(17)18/h4-6,11,15-16H,1-3,7-10,12H2,(H,21,25)/t15-,16-/m0/s1. The number of nitrogens with zero attached hydrogens (tertiary/aromatic N) is 3. The monoisotopic (exact) mass is 342 g/mol. The first-order valence-corrected chi connectivity index (χ1v) is 9.16. The number of hydrogen-bond acceptors (Lipinski definition) is 3. The molecular formula is C19H23FN4O. The molecule has 2 heterocycles. The maximum atomic E-state index is 13.3. The largest absolute Gasteiger partial charge is 0.355 e. The number of aryl methyl sites for hydroxylation is 1. The minimum atomic E-state index is -0.240. The minimum absolute atomic E-state index is 0.0303. The van der Waals surface area contributed by atoms with Crippen LogP contribution in [-0.4, -0.2) is 27.2 Å². The molecule has 2 atom stereocenters. The highest BCUT2D eigenvalue weighted by atomic mass is 19.1. The molecule has 6 heteroatoms. The summed E-state index contributed by atoms with van der Waals surface area (Å²) >= 11 is 0. The van der Waals surface area contributed by atoms with E-state index in [4.69, 9.17) is 0 Å². The van der Waals surface area contributed by atoms with E-state index in [0.29, 0.717) is 13.0 Å². The van der Waals surface area contributed by atoms with Gasteiger partial charge in [-0.3, -0.25) is 4.79 Å². The van der Waals surface area contributed by atoms with E-state index in [9.17, 15) is 9.18 Å². The molecule has 4 rings (SSSR count). The van der Waals surface area contributed by atoms with Gasteiger partial charge in [-0.1, -0.05) is 18.6 Å². The zero-order valence-electron chi connectivity index (χ0n) is 14.2. The fraction of sp³-hybridized carbons (Fsp3) is 0.526. The molecule has 1 aliphatic heterocycles. The summed E-state index contributed by atoms with van der Waals surface area (Å²) in [6.07, 6.45) is 6.09. The van der Waals surface area contributed by atoms with Crippen LogP contribution in [0.3, 0.4) is 0 Å². The van der Waals surface area contributed by atoms with E-state index in [-0.39, 0.29) is 23.6 Å². The van der Waals surface area contributed by atoms with Crippen LogP contribution in [0.4, 0.5) is 4.39 Å². The first-order valence-electron chi connectivity index (χ1n) is 9.16. The second-order valence-corrected chi connectivity index (χ2v) is 7.04. The molecule has 25 heavy (non-hydrogen) atoms. The molecule has 1 N–H and O–H groups in total. The van der Waals surface area contributed by atoms with Gasteiger partial charge >= 0.3 is 0 Å². The Morgan fingerprint density at radius 1 is 1.28 bits per heavy atom. The molecule has 2 aliphatic rings. The van der Waals surface area contributed by atoms with Crippen molar-refractivity contribution in [3.05, 3.63) is 47.3 Å². The summed E-state index contributed by atoms with van der Waals surface area (Å²) in [7, 11) is 0. The maximum absolute atomic E-state index is 13.3. The van der Waals surface area contributed by atoms with E-state index in [1.165, 1.54) is 31.4 Å². The molecule has 1 fully saturated rings. The third kappa shape index (κ3) is 3.57. The highest BCUT2D eigenvalue weighted by Crippen LogP contribution is 2.47. The van der Waals surface area contributed by atoms with Gasteiger partial charge in [0, 0.05) is 31.8 Å². The Morgan fingerprint density at radius 3 is 3.08 bits per heavy atom. The van der Waals surface area contributed by atoms with Gasteiger partial charge in [0.15, 0.2) is 0 Å². The molecule has 132 valence electrons. The van der Waals surface area contributed by atoms with Gasteiger partial charge in [-0.25, -0.2) is 4.39 Å². The van der Waals surface area contributed by atoms with Crippen LogP contribution in [0.5, 0.6) is 0 Å². The van der Waals surface area contributed by atoms with Crippen LogP contribution in [0.25, 0.3) is 0 Å². The molecule has 1 aromatic carbocycles. The lowest BCUT2D eigenvalue weighted by Gasteiger charge is -2.08. The van der Waals surface area contributed by atoms with Crippen molar-refractivity contribution < 1.29 is 9.18 Å². The predicted molar refractivity (Wildman–Crippen MR) is 91.5 cm³/mol. The Labute approximate surface area is 146 Å². The van der Waals surface area contributed by atoms with Crippen molar-refractivity contribution in [2.45, 2.75) is 51.0 Å². The van der Waals surface area contributed by atoms with Crippen LogP contribution in [0.2, 0.25) is 0 Å². The second kappa shape index (κ2) is 6.94. The molecule has 5 nitrogen and oxygen atoms in total. The second-order valence-electron chi connectivity index (χ2n) is 7.04. The van der Waals surface area contributed by atoms with Gasteiger partial charge < -0.3 is 9.88 Å². The molecule has 2 aromatic rings. The van der Waals surface area contributed by atoms with E-state index < -0.39 is 0 Å². The molecule has 1 aliphatic carbocycles. The number of benzene rings is 1. The Balaban J connectivity index is 1.28. The normalized spacial score (nSPS) is 22.1. The average molecular weight is 342 g/mol. The summed E-state index contributed by atoms with van der Waals surface area (Å²) in [5, 5.41) is 11.6. The molecule has 0 saturated heterocycles. The number of hydrogen-bond donors (Lipinski definition) is 1. The lowest BCUT2D eigenvalue weighted by molar-refractivity contribution is -0.122. The van der Waals surface area contributed by atoms with Crippen molar-refractivity contribution in [2.24, 2.45) is 5.92 Å². The van der Waals surface area contributed by atoms with E-state index in [1.807, 2.05) is 6.07 Å². The minimum Gasteiger partial charge on any atom is -0.355 e. The van der Waals surface area contributed by atoms with Crippen molar-refractivity contribution in [3.8, 4) is 0 Å². The summed E-state index contributed by atoms with van der Waals surface area (Å²) in [5.41, 5.74) is 0.919. The third-order valence-corrected chi connectivity index (χ3v) is 5.24. The fourth-order valence-electron chi connectivity index (χ4n) is 3.75. The van der Waals surface area contributed by atoms with Crippen LogP contribution >= 0.6 is 0 Å². The number of fused-ring (bicyclic) bond motifs is 1. The summed E-state index contributed by atoms with van der Waals surface area (Å²) < 4.78 is 15.5. The first kappa shape index (κ1) is 16.2. The van der Waals surface area contributed by atoms with Crippen molar-refractivity contribution in [3.63, 3.8) is 0 Å². The number of carbonyl (C=O) groups is 1. The zero-order chi connectivity index (χ0) is 17.2. The predicted octanol–water partition coefficient (Wildman–Crippen LogP) is 2.61. The van der Waals surface area contributed by atoms with Gasteiger partial charge in [-0.15, -0.1) is 10.2 Å². The van der Waals surface area contributed by atoms with Crippen molar-refractivity contribution in [2.75, 3.05) is 6.54 Å². The van der Waals surface area contributed by atoms with Crippen LogP contribution in [0, 0.1) is 11.7 Å². The van der Waals surface area contributed by atoms with Crippen LogP contribution in [-0.2, 0) is 24.2 Å². The van der Waals surface area contributed by atoms with Gasteiger partial charge in [0.05, 0.1) is 0 Å². The molecule has 0 radical (unpaired) electrons. The lowest BCUT2D eigenvalue weighted by Crippen LogP contribution is -2.28. The number of halogens is 1. The van der Waals surface area contributed by atoms with E-state index in [1.54, 1.807) is 6.07 Å².